The molecular weight excluding hydrogens is 250 g/mol. The standard InChI is InChI=1S/C16H27N3O/c1-2-9-19(8-1)15(16-6-4-10-20-16)13-18-12-14-5-3-7-17-11-14/h4,6,10,14-15,17-18H,1-3,5,7-9,11-13H2. The summed E-state index contributed by atoms with van der Waals surface area (Å²) in [7, 11) is 0. The molecule has 112 valence electrons. The van der Waals surface area contributed by atoms with Crippen LogP contribution in [0.1, 0.15) is 37.5 Å². The fourth-order valence-corrected chi connectivity index (χ4v) is 3.47. The number of likely N-dealkylation sites (tertiary alicyclic amines) is 1. The summed E-state index contributed by atoms with van der Waals surface area (Å²) in [5, 5.41) is 7.17. The van der Waals surface area contributed by atoms with Gasteiger partial charge < -0.3 is 15.1 Å². The highest BCUT2D eigenvalue weighted by Gasteiger charge is 2.25. The van der Waals surface area contributed by atoms with E-state index in [1.807, 2.05) is 6.07 Å². The van der Waals surface area contributed by atoms with Gasteiger partial charge in [-0.25, -0.2) is 0 Å². The van der Waals surface area contributed by atoms with E-state index in [0.717, 1.165) is 24.8 Å². The zero-order valence-electron chi connectivity index (χ0n) is 12.3. The molecule has 4 heteroatoms. The SMILES string of the molecule is c1coc(C(CNCC2CCCNC2)N2CCCC2)c1. The Balaban J connectivity index is 1.50. The van der Waals surface area contributed by atoms with E-state index in [1.165, 1.54) is 51.9 Å². The van der Waals surface area contributed by atoms with E-state index in [2.05, 4.69) is 21.6 Å². The van der Waals surface area contributed by atoms with Gasteiger partial charge in [-0.3, -0.25) is 4.90 Å². The first kappa shape index (κ1) is 14.1. The Bertz CT molecular complexity index is 367. The Morgan fingerprint density at radius 3 is 2.95 bits per heavy atom. The van der Waals surface area contributed by atoms with Crippen LogP contribution in [0.3, 0.4) is 0 Å². The number of rotatable bonds is 6. The van der Waals surface area contributed by atoms with Crippen molar-refractivity contribution in [3.05, 3.63) is 24.2 Å². The molecule has 20 heavy (non-hydrogen) atoms. The molecule has 4 nitrogen and oxygen atoms in total. The summed E-state index contributed by atoms with van der Waals surface area (Å²) in [6.07, 6.45) is 7.12. The third-order valence-electron chi connectivity index (χ3n) is 4.62. The van der Waals surface area contributed by atoms with Crippen molar-refractivity contribution in [2.24, 2.45) is 5.92 Å². The van der Waals surface area contributed by atoms with Crippen LogP contribution in [0.5, 0.6) is 0 Å². The Morgan fingerprint density at radius 2 is 2.25 bits per heavy atom. The molecule has 0 bridgehead atoms. The lowest BCUT2D eigenvalue weighted by atomic mass is 9.99. The number of piperidine rings is 1. The predicted molar refractivity (Wildman–Crippen MR) is 80.7 cm³/mol. The van der Waals surface area contributed by atoms with E-state index in [0.29, 0.717) is 6.04 Å². The molecule has 3 rings (SSSR count). The summed E-state index contributed by atoms with van der Waals surface area (Å²) >= 11 is 0. The van der Waals surface area contributed by atoms with Crippen LogP contribution in [0.2, 0.25) is 0 Å². The predicted octanol–water partition coefficient (Wildman–Crippen LogP) is 2.01. The maximum absolute atomic E-state index is 5.66. The molecule has 2 unspecified atom stereocenters. The van der Waals surface area contributed by atoms with Gasteiger partial charge in [-0.2, -0.15) is 0 Å². The summed E-state index contributed by atoms with van der Waals surface area (Å²) in [5.74, 6) is 1.90. The van der Waals surface area contributed by atoms with Gasteiger partial charge in [0, 0.05) is 6.54 Å². The van der Waals surface area contributed by atoms with Crippen LogP contribution in [-0.2, 0) is 0 Å². The number of hydrogen-bond donors (Lipinski definition) is 2. The third kappa shape index (κ3) is 3.62. The molecule has 2 atom stereocenters. The zero-order valence-corrected chi connectivity index (χ0v) is 12.3. The van der Waals surface area contributed by atoms with Crippen molar-refractivity contribution in [1.29, 1.82) is 0 Å². The molecular formula is C16H27N3O. The van der Waals surface area contributed by atoms with Crippen molar-refractivity contribution >= 4 is 0 Å². The van der Waals surface area contributed by atoms with Crippen molar-refractivity contribution in [3.8, 4) is 0 Å². The summed E-state index contributed by atoms with van der Waals surface area (Å²) in [6, 6.07) is 4.53. The van der Waals surface area contributed by atoms with Gasteiger partial charge in [-0.15, -0.1) is 0 Å². The molecule has 3 heterocycles. The van der Waals surface area contributed by atoms with Gasteiger partial charge >= 0.3 is 0 Å². The normalized spacial score (nSPS) is 25.9. The molecule has 2 aliphatic heterocycles. The Hall–Kier alpha value is -0.840. The average molecular weight is 277 g/mol. The van der Waals surface area contributed by atoms with Crippen LogP contribution < -0.4 is 10.6 Å². The van der Waals surface area contributed by atoms with Gasteiger partial charge in [-0.05, 0) is 76.5 Å². The fraction of sp³-hybridized carbons (Fsp3) is 0.750. The number of nitrogens with one attached hydrogen (secondary N) is 2. The third-order valence-corrected chi connectivity index (χ3v) is 4.62. The average Bonchev–Trinajstić information content (AvgIpc) is 3.18. The van der Waals surface area contributed by atoms with Gasteiger partial charge in [0.2, 0.25) is 0 Å². The molecule has 2 N–H and O–H groups in total. The fourth-order valence-electron chi connectivity index (χ4n) is 3.47. The van der Waals surface area contributed by atoms with Crippen LogP contribution in [0.25, 0.3) is 0 Å². The Labute approximate surface area is 121 Å². The molecule has 2 aliphatic rings. The highest BCUT2D eigenvalue weighted by Crippen LogP contribution is 2.25. The molecule has 0 aromatic carbocycles. The summed E-state index contributed by atoms with van der Waals surface area (Å²) in [4.78, 5) is 2.56. The molecule has 0 spiro atoms. The second kappa shape index (κ2) is 7.25. The summed E-state index contributed by atoms with van der Waals surface area (Å²) < 4.78 is 5.66. The molecule has 0 saturated carbocycles. The maximum atomic E-state index is 5.66. The highest BCUT2D eigenvalue weighted by molar-refractivity contribution is 5.06. The van der Waals surface area contributed by atoms with Crippen LogP contribution in [0.4, 0.5) is 0 Å². The maximum Gasteiger partial charge on any atom is 0.122 e. The minimum atomic E-state index is 0.407. The topological polar surface area (TPSA) is 40.4 Å². The van der Waals surface area contributed by atoms with Gasteiger partial charge in [0.15, 0.2) is 0 Å². The Morgan fingerprint density at radius 1 is 1.35 bits per heavy atom. The molecule has 0 aliphatic carbocycles. The van der Waals surface area contributed by atoms with E-state index in [1.54, 1.807) is 6.26 Å². The van der Waals surface area contributed by atoms with Crippen molar-refractivity contribution in [2.75, 3.05) is 39.3 Å². The summed E-state index contributed by atoms with van der Waals surface area (Å²) in [5.41, 5.74) is 0. The van der Waals surface area contributed by atoms with Crippen molar-refractivity contribution in [1.82, 2.24) is 15.5 Å². The van der Waals surface area contributed by atoms with Crippen LogP contribution in [-0.4, -0.2) is 44.2 Å². The first-order valence-corrected chi connectivity index (χ1v) is 8.12. The van der Waals surface area contributed by atoms with E-state index >= 15 is 0 Å². The lowest BCUT2D eigenvalue weighted by Crippen LogP contribution is -2.39. The van der Waals surface area contributed by atoms with Crippen LogP contribution in [0, 0.1) is 5.92 Å². The molecule has 1 aromatic heterocycles. The molecule has 2 saturated heterocycles. The van der Waals surface area contributed by atoms with Gasteiger partial charge in [0.25, 0.3) is 0 Å². The quantitative estimate of drug-likeness (QED) is 0.834. The minimum Gasteiger partial charge on any atom is -0.468 e. The van der Waals surface area contributed by atoms with Crippen molar-refractivity contribution in [2.45, 2.75) is 31.7 Å². The highest BCUT2D eigenvalue weighted by atomic mass is 16.3. The molecule has 2 fully saturated rings. The van der Waals surface area contributed by atoms with Gasteiger partial charge in [0.05, 0.1) is 12.3 Å². The van der Waals surface area contributed by atoms with E-state index < -0.39 is 0 Å². The largest absolute Gasteiger partial charge is 0.468 e. The van der Waals surface area contributed by atoms with E-state index in [4.69, 9.17) is 4.42 Å². The zero-order chi connectivity index (χ0) is 13.6. The Kier molecular flexibility index (Phi) is 5.12. The van der Waals surface area contributed by atoms with Gasteiger partial charge in [-0.1, -0.05) is 0 Å². The first-order valence-electron chi connectivity index (χ1n) is 8.12. The lowest BCUT2D eigenvalue weighted by molar-refractivity contribution is 0.205. The second-order valence-corrected chi connectivity index (χ2v) is 6.14. The van der Waals surface area contributed by atoms with Crippen molar-refractivity contribution in [3.63, 3.8) is 0 Å². The molecule has 1 aromatic rings. The number of hydrogen-bond acceptors (Lipinski definition) is 4. The lowest BCUT2D eigenvalue weighted by Gasteiger charge is -2.28. The minimum absolute atomic E-state index is 0.407. The molecule has 0 radical (unpaired) electrons. The number of nitrogens with zero attached hydrogens (tertiary/aromatic N) is 1. The monoisotopic (exact) mass is 277 g/mol. The summed E-state index contributed by atoms with van der Waals surface area (Å²) in [6.45, 7) is 6.90. The van der Waals surface area contributed by atoms with E-state index in [9.17, 15) is 0 Å². The number of furan rings is 1. The van der Waals surface area contributed by atoms with Crippen LogP contribution in [0.15, 0.2) is 22.8 Å². The molecule has 0 amide bonds. The smallest absolute Gasteiger partial charge is 0.122 e. The van der Waals surface area contributed by atoms with Crippen LogP contribution >= 0.6 is 0 Å². The van der Waals surface area contributed by atoms with E-state index in [-0.39, 0.29) is 0 Å². The van der Waals surface area contributed by atoms with Gasteiger partial charge in [0.1, 0.15) is 5.76 Å². The first-order chi connectivity index (χ1) is 9.93. The second-order valence-electron chi connectivity index (χ2n) is 6.14. The van der Waals surface area contributed by atoms with Crippen molar-refractivity contribution < 1.29 is 4.42 Å².